The number of rotatable bonds is 8. The minimum Gasteiger partial charge on any atom is -0.360 e. The van der Waals surface area contributed by atoms with Gasteiger partial charge in [0.05, 0.1) is 0 Å². The number of aryl methyl sites for hydroxylation is 1. The van der Waals surface area contributed by atoms with E-state index in [1.165, 1.54) is 25.7 Å². The van der Waals surface area contributed by atoms with Crippen LogP contribution in [0.5, 0.6) is 0 Å². The van der Waals surface area contributed by atoms with Gasteiger partial charge in [-0.1, -0.05) is 37.8 Å². The van der Waals surface area contributed by atoms with Crippen LogP contribution in [0.4, 0.5) is 5.82 Å². The summed E-state index contributed by atoms with van der Waals surface area (Å²) in [5.41, 5.74) is 0. The van der Waals surface area contributed by atoms with Crippen LogP contribution in [0.3, 0.4) is 0 Å². The third-order valence-electron chi connectivity index (χ3n) is 4.89. The summed E-state index contributed by atoms with van der Waals surface area (Å²) in [6.07, 6.45) is 7.35. The molecule has 2 amide bonds. The molecule has 1 heterocycles. The van der Waals surface area contributed by atoms with Crippen molar-refractivity contribution in [2.24, 2.45) is 5.92 Å². The summed E-state index contributed by atoms with van der Waals surface area (Å²) in [6, 6.07) is 1.71. The monoisotopic (exact) mass is 335 g/mol. The van der Waals surface area contributed by atoms with Crippen LogP contribution >= 0.6 is 0 Å². The molecule has 0 spiro atoms. The fraction of sp³-hybridized carbons (Fsp3) is 0.722. The van der Waals surface area contributed by atoms with E-state index in [2.05, 4.69) is 10.5 Å². The molecule has 2 rings (SSSR count). The molecule has 1 aromatic rings. The van der Waals surface area contributed by atoms with E-state index in [4.69, 9.17) is 4.52 Å². The Morgan fingerprint density at radius 3 is 2.71 bits per heavy atom. The van der Waals surface area contributed by atoms with Gasteiger partial charge in [0.2, 0.25) is 11.8 Å². The van der Waals surface area contributed by atoms with E-state index in [0.717, 1.165) is 12.8 Å². The highest BCUT2D eigenvalue weighted by Crippen LogP contribution is 2.28. The van der Waals surface area contributed by atoms with Crippen LogP contribution < -0.4 is 5.32 Å². The van der Waals surface area contributed by atoms with Gasteiger partial charge < -0.3 is 14.7 Å². The van der Waals surface area contributed by atoms with Crippen molar-refractivity contribution in [1.82, 2.24) is 10.1 Å². The first-order valence-corrected chi connectivity index (χ1v) is 9.02. The summed E-state index contributed by atoms with van der Waals surface area (Å²) in [5, 5.41) is 6.44. The van der Waals surface area contributed by atoms with Crippen molar-refractivity contribution >= 4 is 17.6 Å². The van der Waals surface area contributed by atoms with Crippen molar-refractivity contribution in [2.75, 3.05) is 11.9 Å². The molecule has 134 valence electrons. The van der Waals surface area contributed by atoms with Crippen molar-refractivity contribution in [2.45, 2.75) is 71.8 Å². The number of hydrogen-bond donors (Lipinski definition) is 1. The number of hydrogen-bond acceptors (Lipinski definition) is 4. The molecular weight excluding hydrogens is 306 g/mol. The highest BCUT2D eigenvalue weighted by atomic mass is 16.5. The fourth-order valence-corrected chi connectivity index (χ4v) is 3.24. The Kier molecular flexibility index (Phi) is 6.82. The lowest BCUT2D eigenvalue weighted by Gasteiger charge is -2.28. The number of nitrogens with one attached hydrogen (secondary N) is 1. The molecule has 1 aliphatic rings. The molecule has 0 aliphatic heterocycles. The Morgan fingerprint density at radius 1 is 1.42 bits per heavy atom. The summed E-state index contributed by atoms with van der Waals surface area (Å²) in [5.74, 6) is 1.54. The SMILES string of the molecule is CC[C@H](C)N(CC(=O)Nc1cc(C)on1)C(=O)CCC1CCCC1. The van der Waals surface area contributed by atoms with Crippen molar-refractivity contribution in [3.05, 3.63) is 11.8 Å². The Morgan fingerprint density at radius 2 is 2.12 bits per heavy atom. The number of aromatic nitrogens is 1. The number of carbonyl (C=O) groups excluding carboxylic acids is 2. The maximum Gasteiger partial charge on any atom is 0.245 e. The zero-order chi connectivity index (χ0) is 17.5. The molecule has 0 aromatic carbocycles. The van der Waals surface area contributed by atoms with Crippen molar-refractivity contribution in [3.63, 3.8) is 0 Å². The Balaban J connectivity index is 1.88. The molecule has 1 atom stereocenters. The third-order valence-corrected chi connectivity index (χ3v) is 4.89. The lowest BCUT2D eigenvalue weighted by molar-refractivity contribution is -0.137. The summed E-state index contributed by atoms with van der Waals surface area (Å²) >= 11 is 0. The van der Waals surface area contributed by atoms with Crippen molar-refractivity contribution in [3.8, 4) is 0 Å². The minimum absolute atomic E-state index is 0.0471. The van der Waals surface area contributed by atoms with Crippen LogP contribution in [0.25, 0.3) is 0 Å². The number of carbonyl (C=O) groups is 2. The van der Waals surface area contributed by atoms with E-state index < -0.39 is 0 Å². The van der Waals surface area contributed by atoms with Gasteiger partial charge in [0.15, 0.2) is 5.82 Å². The second-order valence-corrected chi connectivity index (χ2v) is 6.84. The van der Waals surface area contributed by atoms with E-state index in [0.29, 0.717) is 23.9 Å². The molecule has 6 heteroatoms. The predicted molar refractivity (Wildman–Crippen MR) is 92.5 cm³/mol. The van der Waals surface area contributed by atoms with E-state index in [1.807, 2.05) is 13.8 Å². The molecule has 1 aromatic heterocycles. The average molecular weight is 335 g/mol. The van der Waals surface area contributed by atoms with Gasteiger partial charge in [0, 0.05) is 18.5 Å². The standard InChI is InChI=1S/C18H29N3O3/c1-4-13(2)21(18(23)10-9-15-7-5-6-8-15)12-17(22)19-16-11-14(3)24-20-16/h11,13,15H,4-10,12H2,1-3H3,(H,19,20,22)/t13-/m0/s1. The molecule has 1 saturated carbocycles. The van der Waals surface area contributed by atoms with Crippen LogP contribution in [0.1, 0.15) is 64.6 Å². The highest BCUT2D eigenvalue weighted by molar-refractivity contribution is 5.93. The van der Waals surface area contributed by atoms with E-state index in [-0.39, 0.29) is 24.4 Å². The summed E-state index contributed by atoms with van der Waals surface area (Å²) in [7, 11) is 0. The Labute approximate surface area is 143 Å². The van der Waals surface area contributed by atoms with Gasteiger partial charge in [-0.2, -0.15) is 0 Å². The molecule has 0 radical (unpaired) electrons. The molecule has 0 saturated heterocycles. The van der Waals surface area contributed by atoms with Crippen LogP contribution in [0.2, 0.25) is 0 Å². The molecule has 1 N–H and O–H groups in total. The van der Waals surface area contributed by atoms with Gasteiger partial charge in [0.25, 0.3) is 0 Å². The number of anilines is 1. The Hall–Kier alpha value is -1.85. The normalized spacial score (nSPS) is 16.1. The third kappa shape index (κ3) is 5.35. The number of nitrogens with zero attached hydrogens (tertiary/aromatic N) is 2. The van der Waals surface area contributed by atoms with Gasteiger partial charge >= 0.3 is 0 Å². The lowest BCUT2D eigenvalue weighted by atomic mass is 10.0. The summed E-state index contributed by atoms with van der Waals surface area (Å²) < 4.78 is 4.94. The van der Waals surface area contributed by atoms with Crippen LogP contribution in [-0.4, -0.2) is 34.5 Å². The first-order chi connectivity index (χ1) is 11.5. The molecule has 0 bridgehead atoms. The topological polar surface area (TPSA) is 75.4 Å². The van der Waals surface area contributed by atoms with E-state index >= 15 is 0 Å². The van der Waals surface area contributed by atoms with Gasteiger partial charge in [-0.05, 0) is 32.6 Å². The average Bonchev–Trinajstić information content (AvgIpc) is 3.21. The van der Waals surface area contributed by atoms with Gasteiger partial charge in [-0.3, -0.25) is 9.59 Å². The van der Waals surface area contributed by atoms with Crippen molar-refractivity contribution in [1.29, 1.82) is 0 Å². The predicted octanol–water partition coefficient (Wildman–Crippen LogP) is 3.52. The zero-order valence-electron chi connectivity index (χ0n) is 15.0. The first-order valence-electron chi connectivity index (χ1n) is 9.02. The molecule has 24 heavy (non-hydrogen) atoms. The second kappa shape index (κ2) is 8.85. The number of amides is 2. The smallest absolute Gasteiger partial charge is 0.245 e. The van der Waals surface area contributed by atoms with Gasteiger partial charge in [-0.25, -0.2) is 0 Å². The molecule has 1 aliphatic carbocycles. The molecule has 6 nitrogen and oxygen atoms in total. The van der Waals surface area contributed by atoms with Gasteiger partial charge in [0.1, 0.15) is 12.3 Å². The van der Waals surface area contributed by atoms with E-state index in [9.17, 15) is 9.59 Å². The van der Waals surface area contributed by atoms with Crippen LogP contribution in [0, 0.1) is 12.8 Å². The van der Waals surface area contributed by atoms with Crippen LogP contribution in [0.15, 0.2) is 10.6 Å². The summed E-state index contributed by atoms with van der Waals surface area (Å²) in [6.45, 7) is 5.84. The fourth-order valence-electron chi connectivity index (χ4n) is 3.24. The molecule has 0 unspecified atom stereocenters. The minimum atomic E-state index is -0.238. The summed E-state index contributed by atoms with van der Waals surface area (Å²) in [4.78, 5) is 26.5. The first kappa shape index (κ1) is 18.5. The maximum atomic E-state index is 12.6. The molecule has 1 fully saturated rings. The molecular formula is C18H29N3O3. The largest absolute Gasteiger partial charge is 0.360 e. The highest BCUT2D eigenvalue weighted by Gasteiger charge is 2.24. The van der Waals surface area contributed by atoms with Crippen molar-refractivity contribution < 1.29 is 14.1 Å². The van der Waals surface area contributed by atoms with Crippen LogP contribution in [-0.2, 0) is 9.59 Å². The lowest BCUT2D eigenvalue weighted by Crippen LogP contribution is -2.43. The zero-order valence-corrected chi connectivity index (χ0v) is 15.0. The van der Waals surface area contributed by atoms with E-state index in [1.54, 1.807) is 17.9 Å². The Bertz CT molecular complexity index is 549. The van der Waals surface area contributed by atoms with Gasteiger partial charge in [-0.15, -0.1) is 0 Å². The maximum absolute atomic E-state index is 12.6. The quantitative estimate of drug-likeness (QED) is 0.788. The second-order valence-electron chi connectivity index (χ2n) is 6.84.